The molecule has 0 unspecified atom stereocenters. The summed E-state index contributed by atoms with van der Waals surface area (Å²) in [5.41, 5.74) is 7.44. The summed E-state index contributed by atoms with van der Waals surface area (Å²) < 4.78 is 1.91. The number of aromatic nitrogens is 2. The maximum Gasteiger partial charge on any atom is 0.170 e. The number of amidine groups is 1. The van der Waals surface area contributed by atoms with Crippen molar-refractivity contribution in [2.75, 3.05) is 13.6 Å². The third kappa shape index (κ3) is 3.83. The fourth-order valence-corrected chi connectivity index (χ4v) is 1.98. The smallest absolute Gasteiger partial charge is 0.170 e. The molecule has 0 aliphatic rings. The van der Waals surface area contributed by atoms with Crippen LogP contribution in [0, 0.1) is 0 Å². The number of rotatable bonds is 6. The topological polar surface area (TPSA) is 79.7 Å². The Morgan fingerprint density at radius 1 is 1.45 bits per heavy atom. The van der Waals surface area contributed by atoms with E-state index < -0.39 is 0 Å². The first-order valence-electron chi connectivity index (χ1n) is 6.42. The zero-order chi connectivity index (χ0) is 14.4. The van der Waals surface area contributed by atoms with Crippen LogP contribution in [-0.2, 0) is 13.1 Å². The van der Waals surface area contributed by atoms with Crippen LogP contribution in [0.1, 0.15) is 11.1 Å². The van der Waals surface area contributed by atoms with Crippen LogP contribution in [0.2, 0.25) is 0 Å². The number of benzene rings is 1. The van der Waals surface area contributed by atoms with Crippen LogP contribution >= 0.6 is 0 Å². The van der Waals surface area contributed by atoms with E-state index in [4.69, 9.17) is 10.9 Å². The summed E-state index contributed by atoms with van der Waals surface area (Å²) in [5, 5.41) is 15.9. The predicted octanol–water partition coefficient (Wildman–Crippen LogP) is 1.11. The van der Waals surface area contributed by atoms with Crippen molar-refractivity contribution < 1.29 is 5.21 Å². The molecular formula is C14H19N5O. The molecule has 2 aromatic rings. The molecule has 0 bridgehead atoms. The van der Waals surface area contributed by atoms with Crippen LogP contribution in [0.25, 0.3) is 0 Å². The molecule has 1 heterocycles. The molecule has 0 aliphatic carbocycles. The van der Waals surface area contributed by atoms with Crippen molar-refractivity contribution in [3.63, 3.8) is 0 Å². The Bertz CT molecular complexity index is 565. The lowest BCUT2D eigenvalue weighted by Crippen LogP contribution is -2.23. The van der Waals surface area contributed by atoms with Gasteiger partial charge in [0.25, 0.3) is 0 Å². The molecule has 0 radical (unpaired) electrons. The molecule has 0 fully saturated rings. The van der Waals surface area contributed by atoms with Gasteiger partial charge in [0, 0.05) is 31.0 Å². The lowest BCUT2D eigenvalue weighted by molar-refractivity contribution is 0.305. The average Bonchev–Trinajstić information content (AvgIpc) is 2.98. The Morgan fingerprint density at radius 3 is 3.00 bits per heavy atom. The number of nitrogens with two attached hydrogens (primary N) is 1. The minimum Gasteiger partial charge on any atom is -0.409 e. The van der Waals surface area contributed by atoms with Crippen LogP contribution in [0.3, 0.4) is 0 Å². The van der Waals surface area contributed by atoms with Gasteiger partial charge in [-0.15, -0.1) is 0 Å². The zero-order valence-corrected chi connectivity index (χ0v) is 11.5. The van der Waals surface area contributed by atoms with Gasteiger partial charge in [-0.2, -0.15) is 5.10 Å². The molecule has 0 atom stereocenters. The Kier molecular flexibility index (Phi) is 4.73. The summed E-state index contributed by atoms with van der Waals surface area (Å²) in [6.07, 6.45) is 3.73. The highest BCUT2D eigenvalue weighted by Crippen LogP contribution is 2.07. The van der Waals surface area contributed by atoms with Gasteiger partial charge >= 0.3 is 0 Å². The Labute approximate surface area is 118 Å². The average molecular weight is 273 g/mol. The number of likely N-dealkylation sites (N-methyl/N-ethyl adjacent to an activating group) is 1. The lowest BCUT2D eigenvalue weighted by atomic mass is 10.1. The van der Waals surface area contributed by atoms with E-state index in [1.165, 1.54) is 0 Å². The van der Waals surface area contributed by atoms with Crippen molar-refractivity contribution in [1.29, 1.82) is 0 Å². The number of hydrogen-bond acceptors (Lipinski definition) is 4. The zero-order valence-electron chi connectivity index (χ0n) is 11.5. The molecule has 1 aromatic carbocycles. The summed E-state index contributed by atoms with van der Waals surface area (Å²) in [7, 11) is 2.06. The molecule has 2 rings (SSSR count). The molecule has 0 amide bonds. The number of oxime groups is 1. The van der Waals surface area contributed by atoms with E-state index >= 15 is 0 Å². The normalized spacial score (nSPS) is 12.0. The van der Waals surface area contributed by atoms with E-state index in [2.05, 4.69) is 22.2 Å². The van der Waals surface area contributed by atoms with Gasteiger partial charge in [0.2, 0.25) is 0 Å². The van der Waals surface area contributed by atoms with Gasteiger partial charge in [0.15, 0.2) is 5.84 Å². The third-order valence-electron chi connectivity index (χ3n) is 3.05. The second-order valence-corrected chi connectivity index (χ2v) is 4.69. The first-order valence-corrected chi connectivity index (χ1v) is 6.42. The molecule has 20 heavy (non-hydrogen) atoms. The standard InChI is InChI=1S/C14H19N5O/c1-18(8-9-19-7-3-6-16-19)11-12-4-2-5-13(10-12)14(15)17-20/h2-7,10,20H,8-9,11H2,1H3,(H2,15,17). The highest BCUT2D eigenvalue weighted by atomic mass is 16.4. The molecule has 0 spiro atoms. The van der Waals surface area contributed by atoms with Gasteiger partial charge in [-0.1, -0.05) is 23.4 Å². The van der Waals surface area contributed by atoms with Crippen molar-refractivity contribution in [3.8, 4) is 0 Å². The highest BCUT2D eigenvalue weighted by Gasteiger charge is 2.04. The third-order valence-corrected chi connectivity index (χ3v) is 3.05. The second-order valence-electron chi connectivity index (χ2n) is 4.69. The quantitative estimate of drug-likeness (QED) is 0.357. The summed E-state index contributed by atoms with van der Waals surface area (Å²) in [5.74, 6) is 0.131. The molecule has 1 aromatic heterocycles. The fraction of sp³-hybridized carbons (Fsp3) is 0.286. The van der Waals surface area contributed by atoms with Crippen molar-refractivity contribution in [2.45, 2.75) is 13.1 Å². The Hall–Kier alpha value is -2.34. The van der Waals surface area contributed by atoms with Crippen molar-refractivity contribution in [1.82, 2.24) is 14.7 Å². The van der Waals surface area contributed by atoms with Crippen molar-refractivity contribution in [2.24, 2.45) is 10.9 Å². The van der Waals surface area contributed by atoms with Crippen molar-refractivity contribution >= 4 is 5.84 Å². The van der Waals surface area contributed by atoms with Crippen molar-refractivity contribution in [3.05, 3.63) is 53.9 Å². The lowest BCUT2D eigenvalue weighted by Gasteiger charge is -2.17. The molecule has 106 valence electrons. The van der Waals surface area contributed by atoms with Gasteiger partial charge in [-0.05, 0) is 24.7 Å². The minimum atomic E-state index is 0.131. The predicted molar refractivity (Wildman–Crippen MR) is 77.5 cm³/mol. The maximum atomic E-state index is 8.69. The van der Waals surface area contributed by atoms with Crippen LogP contribution in [0.5, 0.6) is 0 Å². The molecule has 6 heteroatoms. The van der Waals surface area contributed by atoms with Gasteiger partial charge in [-0.25, -0.2) is 0 Å². The fourth-order valence-electron chi connectivity index (χ4n) is 1.98. The summed E-state index contributed by atoms with van der Waals surface area (Å²) >= 11 is 0. The summed E-state index contributed by atoms with van der Waals surface area (Å²) in [6.45, 7) is 2.55. The highest BCUT2D eigenvalue weighted by molar-refractivity contribution is 5.97. The Morgan fingerprint density at radius 2 is 2.30 bits per heavy atom. The Balaban J connectivity index is 1.92. The molecule has 3 N–H and O–H groups in total. The van der Waals surface area contributed by atoms with E-state index in [1.807, 2.05) is 41.2 Å². The van der Waals surface area contributed by atoms with E-state index in [0.717, 1.165) is 30.8 Å². The van der Waals surface area contributed by atoms with Crippen LogP contribution < -0.4 is 5.73 Å². The summed E-state index contributed by atoms with van der Waals surface area (Å²) in [4.78, 5) is 2.20. The molecule has 6 nitrogen and oxygen atoms in total. The SMILES string of the molecule is CN(CCn1cccn1)Cc1cccc(C(N)=NO)c1. The number of hydrogen-bond donors (Lipinski definition) is 2. The van der Waals surface area contributed by atoms with E-state index in [9.17, 15) is 0 Å². The molecule has 0 aliphatic heterocycles. The van der Waals surface area contributed by atoms with E-state index in [1.54, 1.807) is 6.20 Å². The van der Waals surface area contributed by atoms with Gasteiger partial charge in [0.1, 0.15) is 0 Å². The summed E-state index contributed by atoms with van der Waals surface area (Å²) in [6, 6.07) is 9.60. The second kappa shape index (κ2) is 6.72. The molecule has 0 saturated carbocycles. The van der Waals surface area contributed by atoms with E-state index in [0.29, 0.717) is 0 Å². The largest absolute Gasteiger partial charge is 0.409 e. The molecular weight excluding hydrogens is 254 g/mol. The first-order chi connectivity index (χ1) is 9.69. The molecule has 0 saturated heterocycles. The first kappa shape index (κ1) is 14.1. The van der Waals surface area contributed by atoms with Crippen LogP contribution in [0.15, 0.2) is 47.9 Å². The van der Waals surface area contributed by atoms with Gasteiger partial charge < -0.3 is 15.8 Å². The van der Waals surface area contributed by atoms with Gasteiger partial charge in [0.05, 0.1) is 6.54 Å². The van der Waals surface area contributed by atoms with Gasteiger partial charge in [-0.3, -0.25) is 4.68 Å². The maximum absolute atomic E-state index is 8.69. The minimum absolute atomic E-state index is 0.131. The van der Waals surface area contributed by atoms with E-state index in [-0.39, 0.29) is 5.84 Å². The number of nitrogens with zero attached hydrogens (tertiary/aromatic N) is 4. The van der Waals surface area contributed by atoms with Crippen LogP contribution in [0.4, 0.5) is 0 Å². The monoisotopic (exact) mass is 273 g/mol. The van der Waals surface area contributed by atoms with Crippen LogP contribution in [-0.4, -0.2) is 39.3 Å².